The van der Waals surface area contributed by atoms with E-state index in [1.165, 1.54) is 51.4 Å². The molecule has 8 unspecified atom stereocenters. The number of alkyl halides is 1. The third-order valence-electron chi connectivity index (χ3n) is 9.44. The minimum atomic E-state index is 0.203. The Morgan fingerprint density at radius 3 is 2.60 bits per heavy atom. The van der Waals surface area contributed by atoms with Gasteiger partial charge in [0.15, 0.2) is 0 Å². The van der Waals surface area contributed by atoms with E-state index in [1.807, 2.05) is 0 Å². The number of halogens is 1. The normalized spacial score (nSPS) is 52.2. The summed E-state index contributed by atoms with van der Waals surface area (Å²) in [6, 6.07) is 0. The van der Waals surface area contributed by atoms with Crippen LogP contribution in [0.15, 0.2) is 0 Å². The fourth-order valence-electron chi connectivity index (χ4n) is 8.20. The van der Waals surface area contributed by atoms with Gasteiger partial charge in [-0.25, -0.2) is 0 Å². The number of fused-ring (bicyclic) bond motifs is 5. The van der Waals surface area contributed by atoms with Crippen LogP contribution >= 0.6 is 15.9 Å². The summed E-state index contributed by atoms with van der Waals surface area (Å²) in [7, 11) is 0. The summed E-state index contributed by atoms with van der Waals surface area (Å²) in [5.41, 5.74) is 0.422. The Bertz CT molecular complexity index is 534. The van der Waals surface area contributed by atoms with Crippen LogP contribution in [-0.4, -0.2) is 22.8 Å². The Labute approximate surface area is 161 Å². The first kappa shape index (κ1) is 18.5. The molecule has 0 aromatic rings. The molecule has 2 nitrogen and oxygen atoms in total. The lowest BCUT2D eigenvalue weighted by atomic mass is 9.44. The van der Waals surface area contributed by atoms with Gasteiger partial charge in [-0.1, -0.05) is 36.2 Å². The molecule has 8 atom stereocenters. The predicted octanol–water partition coefficient (Wildman–Crippen LogP) is 5.22. The van der Waals surface area contributed by atoms with Crippen molar-refractivity contribution < 1.29 is 9.90 Å². The number of Topliss-reactive ketones (excluding diaryl/α,β-unsaturated/α-hetero) is 1. The molecular formula is C22H35BrO2. The largest absolute Gasteiger partial charge is 0.396 e. The molecule has 25 heavy (non-hydrogen) atoms. The second-order valence-electron chi connectivity index (χ2n) is 10.2. The van der Waals surface area contributed by atoms with E-state index in [9.17, 15) is 9.90 Å². The first-order chi connectivity index (χ1) is 12.0. The zero-order chi connectivity index (χ0) is 17.8. The van der Waals surface area contributed by atoms with E-state index in [2.05, 4.69) is 29.8 Å². The number of hydrogen-bond donors (Lipinski definition) is 1. The molecular weight excluding hydrogens is 376 g/mol. The molecule has 0 spiro atoms. The Morgan fingerprint density at radius 2 is 1.88 bits per heavy atom. The lowest BCUT2D eigenvalue weighted by Gasteiger charge is -2.61. The second kappa shape index (κ2) is 6.62. The topological polar surface area (TPSA) is 37.3 Å². The highest BCUT2D eigenvalue weighted by atomic mass is 79.9. The van der Waals surface area contributed by atoms with Crippen molar-refractivity contribution in [2.45, 2.75) is 71.6 Å². The molecule has 4 rings (SSSR count). The van der Waals surface area contributed by atoms with Crippen LogP contribution in [-0.2, 0) is 4.79 Å². The first-order valence-electron chi connectivity index (χ1n) is 10.7. The third-order valence-corrected chi connectivity index (χ3v) is 9.99. The molecule has 142 valence electrons. The molecule has 0 heterocycles. The second-order valence-corrected chi connectivity index (χ2v) is 10.8. The molecule has 0 bridgehead atoms. The van der Waals surface area contributed by atoms with Crippen molar-refractivity contribution in [1.82, 2.24) is 0 Å². The van der Waals surface area contributed by atoms with E-state index in [4.69, 9.17) is 0 Å². The van der Waals surface area contributed by atoms with Gasteiger partial charge in [0.25, 0.3) is 0 Å². The first-order valence-corrected chi connectivity index (χ1v) is 11.8. The molecule has 0 saturated heterocycles. The van der Waals surface area contributed by atoms with Gasteiger partial charge in [-0.05, 0) is 91.8 Å². The van der Waals surface area contributed by atoms with Gasteiger partial charge in [-0.3, -0.25) is 4.79 Å². The summed E-state index contributed by atoms with van der Waals surface area (Å²) in [4.78, 5) is 12.5. The predicted molar refractivity (Wildman–Crippen MR) is 105 cm³/mol. The zero-order valence-electron chi connectivity index (χ0n) is 16.0. The van der Waals surface area contributed by atoms with Crippen LogP contribution in [0.4, 0.5) is 0 Å². The number of carbonyl (C=O) groups excluding carboxylic acids is 1. The van der Waals surface area contributed by atoms with Crippen molar-refractivity contribution in [3.63, 3.8) is 0 Å². The van der Waals surface area contributed by atoms with Crippen molar-refractivity contribution in [3.8, 4) is 0 Å². The van der Waals surface area contributed by atoms with Crippen molar-refractivity contribution in [3.05, 3.63) is 0 Å². The lowest BCUT2D eigenvalue weighted by Crippen LogP contribution is -2.56. The highest BCUT2D eigenvalue weighted by molar-refractivity contribution is 9.09. The minimum Gasteiger partial charge on any atom is -0.396 e. The quantitative estimate of drug-likeness (QED) is 0.647. The molecule has 4 aliphatic rings. The zero-order valence-corrected chi connectivity index (χ0v) is 17.6. The highest BCUT2D eigenvalue weighted by Gasteiger charge is 2.61. The van der Waals surface area contributed by atoms with Crippen LogP contribution in [0.3, 0.4) is 0 Å². The third kappa shape index (κ3) is 2.62. The molecule has 0 amide bonds. The van der Waals surface area contributed by atoms with Crippen LogP contribution in [0, 0.1) is 46.3 Å². The fourth-order valence-corrected chi connectivity index (χ4v) is 8.59. The average molecular weight is 411 g/mol. The molecule has 0 radical (unpaired) electrons. The number of ketones is 1. The van der Waals surface area contributed by atoms with Crippen molar-refractivity contribution >= 4 is 21.7 Å². The number of aliphatic hydroxyl groups excluding tert-OH is 1. The van der Waals surface area contributed by atoms with Gasteiger partial charge in [-0.15, -0.1) is 0 Å². The monoisotopic (exact) mass is 410 g/mol. The maximum atomic E-state index is 12.5. The number of rotatable bonds is 3. The van der Waals surface area contributed by atoms with Gasteiger partial charge >= 0.3 is 0 Å². The summed E-state index contributed by atoms with van der Waals surface area (Å²) in [6.45, 7) is 5.23. The maximum Gasteiger partial charge on any atom is 0.147 e. The van der Waals surface area contributed by atoms with Gasteiger partial charge in [-0.2, -0.15) is 0 Å². The summed E-state index contributed by atoms with van der Waals surface area (Å²) < 4.78 is 0. The van der Waals surface area contributed by atoms with Crippen LogP contribution in [0.2, 0.25) is 0 Å². The summed E-state index contributed by atoms with van der Waals surface area (Å²) in [6.07, 6.45) is 11.3. The average Bonchev–Trinajstić information content (AvgIpc) is 2.98. The Balaban J connectivity index is 1.62. The molecule has 4 fully saturated rings. The molecule has 0 aromatic carbocycles. The molecule has 3 heteroatoms. The fraction of sp³-hybridized carbons (Fsp3) is 0.955. The Morgan fingerprint density at radius 1 is 1.08 bits per heavy atom. The lowest BCUT2D eigenvalue weighted by molar-refractivity contribution is -0.149. The van der Waals surface area contributed by atoms with Crippen LogP contribution in [0.25, 0.3) is 0 Å². The van der Waals surface area contributed by atoms with Crippen molar-refractivity contribution in [2.24, 2.45) is 46.3 Å². The summed E-state index contributed by atoms with van der Waals surface area (Å²) >= 11 is 3.42. The molecule has 4 aliphatic carbocycles. The van der Waals surface area contributed by atoms with Crippen LogP contribution < -0.4 is 0 Å². The maximum absolute atomic E-state index is 12.5. The van der Waals surface area contributed by atoms with Gasteiger partial charge in [0, 0.05) is 12.5 Å². The molecule has 1 N–H and O–H groups in total. The Kier molecular flexibility index (Phi) is 4.89. The van der Waals surface area contributed by atoms with Gasteiger partial charge in [0.1, 0.15) is 5.78 Å². The van der Waals surface area contributed by atoms with E-state index in [1.54, 1.807) is 0 Å². The van der Waals surface area contributed by atoms with Crippen LogP contribution in [0.5, 0.6) is 0 Å². The smallest absolute Gasteiger partial charge is 0.147 e. The SMILES string of the molecule is CC1CCC2(CO)C(CCC3C4CCC(C(=O)CBr)C4(C)CCC32)C1. The number of hydrogen-bond acceptors (Lipinski definition) is 2. The van der Waals surface area contributed by atoms with E-state index in [0.29, 0.717) is 29.6 Å². The van der Waals surface area contributed by atoms with Crippen LogP contribution in [0.1, 0.15) is 71.6 Å². The van der Waals surface area contributed by atoms with Crippen molar-refractivity contribution in [1.29, 1.82) is 0 Å². The van der Waals surface area contributed by atoms with Gasteiger partial charge in [0.05, 0.1) is 5.33 Å². The Hall–Kier alpha value is 0.110. The molecule has 0 aliphatic heterocycles. The van der Waals surface area contributed by atoms with E-state index < -0.39 is 0 Å². The van der Waals surface area contributed by atoms with Gasteiger partial charge < -0.3 is 5.11 Å². The summed E-state index contributed by atoms with van der Waals surface area (Å²) in [5.74, 6) is 4.45. The number of aliphatic hydroxyl groups is 1. The van der Waals surface area contributed by atoms with Gasteiger partial charge in [0.2, 0.25) is 0 Å². The number of carbonyl (C=O) groups is 1. The van der Waals surface area contributed by atoms with E-state index >= 15 is 0 Å². The molecule has 4 saturated carbocycles. The highest BCUT2D eigenvalue weighted by Crippen LogP contribution is 2.67. The van der Waals surface area contributed by atoms with Crippen molar-refractivity contribution in [2.75, 3.05) is 11.9 Å². The van der Waals surface area contributed by atoms with E-state index in [-0.39, 0.29) is 16.7 Å². The van der Waals surface area contributed by atoms with E-state index in [0.717, 1.165) is 24.2 Å². The summed E-state index contributed by atoms with van der Waals surface area (Å²) in [5, 5.41) is 11.0. The molecule has 0 aromatic heterocycles. The standard InChI is InChI=1S/C22H35BrO2/c1-14-7-10-22(13-24)15(11-14)3-4-16-17-5-6-19(20(25)12-23)21(17,2)9-8-18(16)22/h14-19,24H,3-13H2,1-2H3. The minimum absolute atomic E-state index is 0.203.